The summed E-state index contributed by atoms with van der Waals surface area (Å²) < 4.78 is 2.49. The highest BCUT2D eigenvalue weighted by Crippen LogP contribution is 2.34. The first-order chi connectivity index (χ1) is 10.3. The third-order valence-corrected chi connectivity index (χ3v) is 4.59. The summed E-state index contributed by atoms with van der Waals surface area (Å²) in [5, 5.41) is 13.0. The lowest BCUT2D eigenvalue weighted by atomic mass is 10.1. The molecule has 0 spiro atoms. The van der Waals surface area contributed by atoms with Crippen LogP contribution in [0.15, 0.2) is 64.8 Å². The number of nitrogens with zero attached hydrogens (tertiary/aromatic N) is 1. The molecule has 0 saturated heterocycles. The first kappa shape index (κ1) is 12.2. The molecule has 102 valence electrons. The van der Waals surface area contributed by atoms with Crippen molar-refractivity contribution in [3.8, 4) is 11.4 Å². The molecule has 2 aromatic heterocycles. The Bertz CT molecular complexity index is 1020. The van der Waals surface area contributed by atoms with E-state index in [4.69, 9.17) is 0 Å². The van der Waals surface area contributed by atoms with Crippen molar-refractivity contribution >= 4 is 32.3 Å². The maximum absolute atomic E-state index is 12.8. The Balaban J connectivity index is 2.30. The molecule has 3 nitrogen and oxygen atoms in total. The number of thiophene rings is 1. The molecule has 21 heavy (non-hydrogen) atoms. The van der Waals surface area contributed by atoms with Gasteiger partial charge in [-0.15, -0.1) is 11.3 Å². The van der Waals surface area contributed by atoms with Gasteiger partial charge in [0.15, 0.2) is 0 Å². The molecule has 4 aromatic rings. The number of pyridine rings is 1. The minimum Gasteiger partial charge on any atom is -0.506 e. The molecule has 4 rings (SSSR count). The normalized spacial score (nSPS) is 11.2. The molecule has 1 N–H and O–H groups in total. The Kier molecular flexibility index (Phi) is 2.59. The molecule has 0 aliphatic carbocycles. The lowest BCUT2D eigenvalue weighted by molar-refractivity contribution is 0.483. The van der Waals surface area contributed by atoms with Crippen LogP contribution in [0, 0.1) is 0 Å². The number of hydrogen-bond acceptors (Lipinski definition) is 3. The van der Waals surface area contributed by atoms with E-state index in [1.54, 1.807) is 9.95 Å². The number of aromatic nitrogens is 1. The fourth-order valence-corrected chi connectivity index (χ4v) is 3.63. The molecule has 0 radical (unpaired) electrons. The molecule has 0 aliphatic rings. The lowest BCUT2D eigenvalue weighted by Crippen LogP contribution is -2.18. The largest absolute Gasteiger partial charge is 0.506 e. The lowest BCUT2D eigenvalue weighted by Gasteiger charge is -2.11. The van der Waals surface area contributed by atoms with Gasteiger partial charge < -0.3 is 5.11 Å². The first-order valence-corrected chi connectivity index (χ1v) is 7.44. The van der Waals surface area contributed by atoms with E-state index in [-0.39, 0.29) is 11.3 Å². The van der Waals surface area contributed by atoms with Crippen molar-refractivity contribution in [1.29, 1.82) is 0 Å². The summed E-state index contributed by atoms with van der Waals surface area (Å²) in [5.74, 6) is 0.0513. The molecule has 4 heteroatoms. The summed E-state index contributed by atoms with van der Waals surface area (Å²) in [6.45, 7) is 0. The second-order valence-corrected chi connectivity index (χ2v) is 5.70. The van der Waals surface area contributed by atoms with Gasteiger partial charge >= 0.3 is 0 Å². The third-order valence-electron chi connectivity index (χ3n) is 3.59. The minimum atomic E-state index is -0.186. The van der Waals surface area contributed by atoms with Crippen molar-refractivity contribution in [3.05, 3.63) is 70.3 Å². The third kappa shape index (κ3) is 1.69. The second-order valence-electron chi connectivity index (χ2n) is 4.82. The van der Waals surface area contributed by atoms with Gasteiger partial charge in [0.05, 0.1) is 10.2 Å². The van der Waals surface area contributed by atoms with Crippen molar-refractivity contribution in [2.24, 2.45) is 0 Å². The Hall–Kier alpha value is -2.59. The number of rotatable bonds is 1. The van der Waals surface area contributed by atoms with Crippen molar-refractivity contribution in [2.75, 3.05) is 0 Å². The van der Waals surface area contributed by atoms with Crippen molar-refractivity contribution in [1.82, 2.24) is 4.57 Å². The van der Waals surface area contributed by atoms with Crippen LogP contribution >= 0.6 is 11.3 Å². The van der Waals surface area contributed by atoms with Crippen LogP contribution in [-0.2, 0) is 0 Å². The van der Waals surface area contributed by atoms with E-state index in [0.717, 1.165) is 21.3 Å². The Labute approximate surface area is 124 Å². The fourth-order valence-electron chi connectivity index (χ4n) is 2.67. The van der Waals surface area contributed by atoms with Crippen LogP contribution in [0.3, 0.4) is 0 Å². The first-order valence-electron chi connectivity index (χ1n) is 6.57. The van der Waals surface area contributed by atoms with Crippen LogP contribution in [0.25, 0.3) is 26.7 Å². The Morgan fingerprint density at radius 3 is 2.48 bits per heavy atom. The van der Waals surface area contributed by atoms with Crippen LogP contribution in [-0.4, -0.2) is 9.67 Å². The van der Waals surface area contributed by atoms with Crippen LogP contribution in [0.5, 0.6) is 5.75 Å². The van der Waals surface area contributed by atoms with Crippen LogP contribution in [0.2, 0.25) is 0 Å². The number of hydrogen-bond donors (Lipinski definition) is 1. The molecule has 0 unspecified atom stereocenters. The Morgan fingerprint density at radius 1 is 0.952 bits per heavy atom. The van der Waals surface area contributed by atoms with Crippen molar-refractivity contribution in [3.63, 3.8) is 0 Å². The van der Waals surface area contributed by atoms with Crippen LogP contribution < -0.4 is 5.56 Å². The van der Waals surface area contributed by atoms with E-state index in [1.807, 2.05) is 54.6 Å². The maximum Gasteiger partial charge on any atom is 0.268 e. The maximum atomic E-state index is 12.8. The zero-order chi connectivity index (χ0) is 14.4. The quantitative estimate of drug-likeness (QED) is 0.578. The number of aromatic hydroxyl groups is 1. The van der Waals surface area contributed by atoms with Crippen LogP contribution in [0.1, 0.15) is 0 Å². The highest BCUT2D eigenvalue weighted by Gasteiger charge is 2.16. The highest BCUT2D eigenvalue weighted by atomic mass is 32.1. The van der Waals surface area contributed by atoms with E-state index in [1.165, 1.54) is 11.3 Å². The summed E-state index contributed by atoms with van der Waals surface area (Å²) >= 11 is 1.40. The minimum absolute atomic E-state index is 0.0513. The molecule has 2 heterocycles. The van der Waals surface area contributed by atoms with Gasteiger partial charge in [0.2, 0.25) is 0 Å². The molecule has 0 amide bonds. The zero-order valence-electron chi connectivity index (χ0n) is 11.0. The summed E-state index contributed by atoms with van der Waals surface area (Å²) in [7, 11) is 0. The average Bonchev–Trinajstić information content (AvgIpc) is 2.91. The summed E-state index contributed by atoms with van der Waals surface area (Å²) in [6.07, 6.45) is 0. The summed E-state index contributed by atoms with van der Waals surface area (Å²) in [5.41, 5.74) is 1.46. The van der Waals surface area contributed by atoms with Crippen molar-refractivity contribution < 1.29 is 5.11 Å². The fraction of sp³-hybridized carbons (Fsp3) is 0. The predicted molar refractivity (Wildman–Crippen MR) is 86.6 cm³/mol. The Morgan fingerprint density at radius 2 is 1.67 bits per heavy atom. The van der Waals surface area contributed by atoms with Gasteiger partial charge in [-0.05, 0) is 18.2 Å². The molecule has 0 atom stereocenters. The van der Waals surface area contributed by atoms with E-state index in [0.29, 0.717) is 5.39 Å². The molecule has 0 bridgehead atoms. The summed E-state index contributed by atoms with van der Waals surface area (Å²) in [4.78, 5) is 12.8. The van der Waals surface area contributed by atoms with Gasteiger partial charge in [-0.1, -0.05) is 36.4 Å². The van der Waals surface area contributed by atoms with Gasteiger partial charge in [-0.2, -0.15) is 0 Å². The highest BCUT2D eigenvalue weighted by molar-refractivity contribution is 7.18. The van der Waals surface area contributed by atoms with Gasteiger partial charge in [0.25, 0.3) is 5.56 Å². The standard InChI is InChI=1S/C17H11NO2S/c19-14-10-21-16-12-8-4-5-9-13(12)18(17(20)15(14)16)11-6-2-1-3-7-11/h1-10,19H. The predicted octanol–water partition coefficient (Wildman–Crippen LogP) is 3.91. The van der Waals surface area contributed by atoms with E-state index < -0.39 is 0 Å². The number of benzene rings is 2. The number of para-hydroxylation sites is 2. The van der Waals surface area contributed by atoms with E-state index >= 15 is 0 Å². The van der Waals surface area contributed by atoms with Crippen molar-refractivity contribution in [2.45, 2.75) is 0 Å². The second kappa shape index (κ2) is 4.46. The van der Waals surface area contributed by atoms with Crippen LogP contribution in [0.4, 0.5) is 0 Å². The van der Waals surface area contributed by atoms with Gasteiger partial charge in [0.1, 0.15) is 11.1 Å². The van der Waals surface area contributed by atoms with E-state index in [2.05, 4.69) is 0 Å². The van der Waals surface area contributed by atoms with Gasteiger partial charge in [-0.3, -0.25) is 9.36 Å². The summed E-state index contributed by atoms with van der Waals surface area (Å²) in [6, 6.07) is 17.3. The van der Waals surface area contributed by atoms with E-state index in [9.17, 15) is 9.90 Å². The smallest absolute Gasteiger partial charge is 0.268 e. The van der Waals surface area contributed by atoms with Gasteiger partial charge in [0, 0.05) is 16.5 Å². The molecule has 0 aliphatic heterocycles. The van der Waals surface area contributed by atoms with Gasteiger partial charge in [-0.25, -0.2) is 0 Å². The molecular formula is C17H11NO2S. The molecule has 0 saturated carbocycles. The molecular weight excluding hydrogens is 282 g/mol. The monoisotopic (exact) mass is 293 g/mol. The molecule has 2 aromatic carbocycles. The SMILES string of the molecule is O=c1c2c(O)csc2c2ccccc2n1-c1ccccc1. The number of fused-ring (bicyclic) bond motifs is 3. The molecule has 0 fully saturated rings. The topological polar surface area (TPSA) is 42.2 Å². The average molecular weight is 293 g/mol. The zero-order valence-corrected chi connectivity index (χ0v) is 11.8.